The highest BCUT2D eigenvalue weighted by Crippen LogP contribution is 2.17. The summed E-state index contributed by atoms with van der Waals surface area (Å²) in [4.78, 5) is 38.3. The van der Waals surface area contributed by atoms with Crippen LogP contribution >= 0.6 is 0 Å². The maximum atomic E-state index is 11.6. The number of piperidine rings is 1. The number of nitrogens with zero attached hydrogens (tertiary/aromatic N) is 2. The molecule has 2 rings (SSSR count). The number of hydrogen-bond acceptors (Lipinski definition) is 5. The molecule has 1 aromatic rings. The zero-order valence-electron chi connectivity index (χ0n) is 10.6. The molecule has 19 heavy (non-hydrogen) atoms. The fourth-order valence-corrected chi connectivity index (χ4v) is 2.13. The number of H-pyrrole nitrogens is 1. The highest BCUT2D eigenvalue weighted by atomic mass is 16.6. The van der Waals surface area contributed by atoms with E-state index in [0.29, 0.717) is 25.3 Å². The number of carbonyl (C=O) groups excluding carboxylic acids is 1. The zero-order valence-corrected chi connectivity index (χ0v) is 10.6. The molecule has 0 aliphatic carbocycles. The van der Waals surface area contributed by atoms with Gasteiger partial charge >= 0.3 is 11.8 Å². The fraction of sp³-hybridized carbons (Fsp3) is 0.545. The molecule has 2 heterocycles. The molecule has 1 amide bonds. The zero-order chi connectivity index (χ0) is 14.0. The normalized spacial score (nSPS) is 19.2. The summed E-state index contributed by atoms with van der Waals surface area (Å²) < 4.78 is 5.94. The van der Waals surface area contributed by atoms with E-state index in [9.17, 15) is 14.4 Å². The van der Waals surface area contributed by atoms with Gasteiger partial charge in [0.25, 0.3) is 5.56 Å². The van der Waals surface area contributed by atoms with Crippen molar-refractivity contribution in [2.24, 2.45) is 12.8 Å². The Balaban J connectivity index is 2.20. The topological polar surface area (TPSA) is 110 Å². The van der Waals surface area contributed by atoms with Crippen molar-refractivity contribution in [1.82, 2.24) is 9.55 Å². The van der Waals surface area contributed by atoms with E-state index in [-0.39, 0.29) is 11.7 Å². The second-order valence-electron chi connectivity index (χ2n) is 4.50. The first-order valence-electron chi connectivity index (χ1n) is 5.99. The summed E-state index contributed by atoms with van der Waals surface area (Å²) in [5, 5.41) is 0. The molecule has 1 fully saturated rings. The number of anilines is 1. The molecule has 0 aromatic carbocycles. The molecule has 104 valence electrons. The Labute approximate surface area is 108 Å². The Hall–Kier alpha value is -2.25. The molecule has 0 spiro atoms. The lowest BCUT2D eigenvalue weighted by atomic mass is 10.1. The number of hydrogen-bond donors (Lipinski definition) is 2. The molecule has 8 heteroatoms. The van der Waals surface area contributed by atoms with Gasteiger partial charge in [0.1, 0.15) is 11.9 Å². The largest absolute Gasteiger partial charge is 0.445 e. The number of nitrogens with one attached hydrogen (secondary N) is 1. The number of nitrogens with two attached hydrogens (primary N) is 1. The average Bonchev–Trinajstić information content (AvgIpc) is 2.35. The Morgan fingerprint density at radius 1 is 1.53 bits per heavy atom. The monoisotopic (exact) mass is 268 g/mol. The highest BCUT2D eigenvalue weighted by Gasteiger charge is 2.23. The molecule has 1 aliphatic heterocycles. The van der Waals surface area contributed by atoms with E-state index >= 15 is 0 Å². The standard InChI is InChI=1S/C11H16N4O4/c1-14-9(16)5-8(13-11(14)18)15-4-2-3-7(6-15)19-10(12)17/h5,7H,2-4,6H2,1H3,(H2,12,17)(H,13,18). The summed E-state index contributed by atoms with van der Waals surface area (Å²) in [6.45, 7) is 1.09. The van der Waals surface area contributed by atoms with Gasteiger partial charge in [-0.2, -0.15) is 0 Å². The predicted molar refractivity (Wildman–Crippen MR) is 68.2 cm³/mol. The second kappa shape index (κ2) is 5.17. The minimum Gasteiger partial charge on any atom is -0.445 e. The Morgan fingerprint density at radius 3 is 2.89 bits per heavy atom. The predicted octanol–water partition coefficient (Wildman–Crippen LogP) is -0.862. The smallest absolute Gasteiger partial charge is 0.404 e. The highest BCUT2D eigenvalue weighted by molar-refractivity contribution is 5.64. The molecule has 3 N–H and O–H groups in total. The SMILES string of the molecule is Cn1c(=O)cc(N2CCCC(OC(N)=O)C2)[nH]c1=O. The van der Waals surface area contributed by atoms with Crippen LogP contribution in [0.2, 0.25) is 0 Å². The van der Waals surface area contributed by atoms with Crippen molar-refractivity contribution in [2.75, 3.05) is 18.0 Å². The van der Waals surface area contributed by atoms with Crippen molar-refractivity contribution in [3.05, 3.63) is 26.9 Å². The Morgan fingerprint density at radius 2 is 2.26 bits per heavy atom. The maximum Gasteiger partial charge on any atom is 0.404 e. The van der Waals surface area contributed by atoms with Crippen LogP contribution in [-0.4, -0.2) is 34.8 Å². The van der Waals surface area contributed by atoms with Gasteiger partial charge in [-0.3, -0.25) is 14.3 Å². The van der Waals surface area contributed by atoms with E-state index < -0.39 is 11.8 Å². The lowest BCUT2D eigenvalue weighted by Gasteiger charge is -2.32. The van der Waals surface area contributed by atoms with E-state index in [4.69, 9.17) is 10.5 Å². The lowest BCUT2D eigenvalue weighted by Crippen LogP contribution is -2.44. The summed E-state index contributed by atoms with van der Waals surface area (Å²) in [7, 11) is 1.40. The van der Waals surface area contributed by atoms with Gasteiger partial charge < -0.3 is 15.4 Å². The van der Waals surface area contributed by atoms with Crippen LogP contribution in [0.4, 0.5) is 10.6 Å². The number of amides is 1. The minimum absolute atomic E-state index is 0.321. The van der Waals surface area contributed by atoms with Gasteiger partial charge in [0.05, 0.1) is 6.54 Å². The number of primary amides is 1. The van der Waals surface area contributed by atoms with Crippen LogP contribution in [-0.2, 0) is 11.8 Å². The quantitative estimate of drug-likeness (QED) is 0.725. The first-order valence-corrected chi connectivity index (χ1v) is 5.99. The van der Waals surface area contributed by atoms with Gasteiger partial charge in [0.15, 0.2) is 0 Å². The third-order valence-corrected chi connectivity index (χ3v) is 3.13. The molecule has 0 radical (unpaired) electrons. The van der Waals surface area contributed by atoms with Crippen molar-refractivity contribution in [3.8, 4) is 0 Å². The third kappa shape index (κ3) is 2.95. The average molecular weight is 268 g/mol. The molecule has 1 atom stereocenters. The van der Waals surface area contributed by atoms with Gasteiger partial charge in [0.2, 0.25) is 0 Å². The van der Waals surface area contributed by atoms with Crippen molar-refractivity contribution in [1.29, 1.82) is 0 Å². The van der Waals surface area contributed by atoms with Gasteiger partial charge in [0, 0.05) is 19.7 Å². The molecule has 1 unspecified atom stereocenters. The number of rotatable bonds is 2. The van der Waals surface area contributed by atoms with Gasteiger partial charge in [-0.05, 0) is 12.8 Å². The molecular weight excluding hydrogens is 252 g/mol. The van der Waals surface area contributed by atoms with E-state index in [1.165, 1.54) is 13.1 Å². The van der Waals surface area contributed by atoms with E-state index in [1.54, 1.807) is 4.90 Å². The number of aromatic amines is 1. The first-order chi connectivity index (χ1) is 8.97. The first kappa shape index (κ1) is 13.2. The number of ether oxygens (including phenoxy) is 1. The Bertz CT molecular complexity index is 560. The van der Waals surface area contributed by atoms with Crippen LogP contribution in [0.3, 0.4) is 0 Å². The lowest BCUT2D eigenvalue weighted by molar-refractivity contribution is 0.0964. The van der Waals surface area contributed by atoms with Crippen LogP contribution in [0.15, 0.2) is 15.7 Å². The van der Waals surface area contributed by atoms with Crippen molar-refractivity contribution in [2.45, 2.75) is 18.9 Å². The summed E-state index contributed by atoms with van der Waals surface area (Å²) in [5.74, 6) is 0.436. The second-order valence-corrected chi connectivity index (χ2v) is 4.50. The molecule has 0 bridgehead atoms. The molecule has 1 aliphatic rings. The van der Waals surface area contributed by atoms with Crippen LogP contribution in [0.1, 0.15) is 12.8 Å². The van der Waals surface area contributed by atoms with Crippen LogP contribution in [0, 0.1) is 0 Å². The van der Waals surface area contributed by atoms with Gasteiger partial charge in [-0.25, -0.2) is 9.59 Å². The minimum atomic E-state index is -0.815. The van der Waals surface area contributed by atoms with Crippen molar-refractivity contribution in [3.63, 3.8) is 0 Å². The summed E-state index contributed by atoms with van der Waals surface area (Å²) in [5.41, 5.74) is 4.13. The van der Waals surface area contributed by atoms with Crippen LogP contribution in [0.25, 0.3) is 0 Å². The number of aromatic nitrogens is 2. The molecular formula is C11H16N4O4. The van der Waals surface area contributed by atoms with Crippen LogP contribution < -0.4 is 21.9 Å². The molecule has 8 nitrogen and oxygen atoms in total. The third-order valence-electron chi connectivity index (χ3n) is 3.13. The molecule has 1 aromatic heterocycles. The van der Waals surface area contributed by atoms with E-state index in [1.807, 2.05) is 0 Å². The van der Waals surface area contributed by atoms with E-state index in [2.05, 4.69) is 4.98 Å². The van der Waals surface area contributed by atoms with Gasteiger partial charge in [-0.1, -0.05) is 0 Å². The van der Waals surface area contributed by atoms with E-state index in [0.717, 1.165) is 11.0 Å². The van der Waals surface area contributed by atoms with Crippen molar-refractivity contribution >= 4 is 11.9 Å². The maximum absolute atomic E-state index is 11.6. The van der Waals surface area contributed by atoms with Gasteiger partial charge in [-0.15, -0.1) is 0 Å². The Kier molecular flexibility index (Phi) is 3.59. The van der Waals surface area contributed by atoms with Crippen molar-refractivity contribution < 1.29 is 9.53 Å². The molecule has 0 saturated carbocycles. The summed E-state index contributed by atoms with van der Waals surface area (Å²) in [6, 6.07) is 1.36. The summed E-state index contributed by atoms with van der Waals surface area (Å²) in [6.07, 6.45) is 0.368. The summed E-state index contributed by atoms with van der Waals surface area (Å²) >= 11 is 0. The number of carbonyl (C=O) groups is 1. The molecule has 1 saturated heterocycles. The fourth-order valence-electron chi connectivity index (χ4n) is 2.13. The van der Waals surface area contributed by atoms with Crippen LogP contribution in [0.5, 0.6) is 0 Å².